The normalized spacial score (nSPS) is 9.91. The molecule has 0 aliphatic rings. The van der Waals surface area contributed by atoms with Crippen LogP contribution >= 0.6 is 11.3 Å². The highest BCUT2D eigenvalue weighted by Crippen LogP contribution is 2.23. The molecular formula is C6H8N2O2S. The summed E-state index contributed by atoms with van der Waals surface area (Å²) in [5.74, 6) is 0. The maximum atomic E-state index is 10.2. The first-order chi connectivity index (χ1) is 5.24. The minimum atomic E-state index is -0.371. The SMILES string of the molecule is CNCc1ccc([N+](=O)[O-])s1. The van der Waals surface area contributed by atoms with Crippen LogP contribution in [0.25, 0.3) is 0 Å². The van der Waals surface area contributed by atoms with Crippen molar-refractivity contribution in [2.75, 3.05) is 7.05 Å². The standard InChI is InChI=1S/C6H8N2O2S/c1-7-4-5-2-3-6(11-5)8(9)10/h2-3,7H,4H2,1H3. The summed E-state index contributed by atoms with van der Waals surface area (Å²) in [6, 6.07) is 3.29. The van der Waals surface area contributed by atoms with Crippen molar-refractivity contribution in [3.05, 3.63) is 27.1 Å². The summed E-state index contributed by atoms with van der Waals surface area (Å²) in [5.41, 5.74) is 0. The second kappa shape index (κ2) is 3.45. The summed E-state index contributed by atoms with van der Waals surface area (Å²) >= 11 is 1.20. The summed E-state index contributed by atoms with van der Waals surface area (Å²) in [6.07, 6.45) is 0. The Hall–Kier alpha value is -0.940. The van der Waals surface area contributed by atoms with E-state index in [0.29, 0.717) is 6.54 Å². The van der Waals surface area contributed by atoms with Crippen LogP contribution in [-0.4, -0.2) is 12.0 Å². The lowest BCUT2D eigenvalue weighted by Crippen LogP contribution is -2.02. The Labute approximate surface area is 68.0 Å². The van der Waals surface area contributed by atoms with Crippen molar-refractivity contribution in [2.24, 2.45) is 0 Å². The van der Waals surface area contributed by atoms with Gasteiger partial charge in [0.2, 0.25) is 0 Å². The third-order valence-corrected chi connectivity index (χ3v) is 2.22. The average molecular weight is 172 g/mol. The highest BCUT2D eigenvalue weighted by Gasteiger charge is 2.07. The van der Waals surface area contributed by atoms with Crippen LogP contribution < -0.4 is 5.32 Å². The number of rotatable bonds is 3. The van der Waals surface area contributed by atoms with Crippen molar-refractivity contribution >= 4 is 16.3 Å². The van der Waals surface area contributed by atoms with Crippen LogP contribution in [0.15, 0.2) is 12.1 Å². The van der Waals surface area contributed by atoms with Gasteiger partial charge in [-0.3, -0.25) is 10.1 Å². The molecule has 11 heavy (non-hydrogen) atoms. The molecule has 1 heterocycles. The molecule has 0 fully saturated rings. The van der Waals surface area contributed by atoms with Crippen molar-refractivity contribution in [1.82, 2.24) is 5.32 Å². The third-order valence-electron chi connectivity index (χ3n) is 1.18. The molecule has 1 aromatic heterocycles. The van der Waals surface area contributed by atoms with Crippen LogP contribution in [0, 0.1) is 10.1 Å². The molecule has 5 heteroatoms. The zero-order valence-electron chi connectivity index (χ0n) is 6.03. The van der Waals surface area contributed by atoms with Crippen LogP contribution in [0.2, 0.25) is 0 Å². The van der Waals surface area contributed by atoms with E-state index in [9.17, 15) is 10.1 Å². The van der Waals surface area contributed by atoms with Gasteiger partial charge in [0.25, 0.3) is 0 Å². The first-order valence-corrected chi connectivity index (χ1v) is 3.93. The fourth-order valence-electron chi connectivity index (χ4n) is 0.734. The van der Waals surface area contributed by atoms with E-state index >= 15 is 0 Å². The molecule has 0 aliphatic carbocycles. The van der Waals surface area contributed by atoms with Crippen LogP contribution in [-0.2, 0) is 6.54 Å². The van der Waals surface area contributed by atoms with Crippen molar-refractivity contribution in [1.29, 1.82) is 0 Å². The van der Waals surface area contributed by atoms with Gasteiger partial charge in [0.05, 0.1) is 4.92 Å². The van der Waals surface area contributed by atoms with Gasteiger partial charge in [0.15, 0.2) is 0 Å². The zero-order chi connectivity index (χ0) is 8.27. The fourth-order valence-corrected chi connectivity index (χ4v) is 1.57. The number of nitro groups is 1. The Balaban J connectivity index is 2.73. The number of nitrogens with zero attached hydrogens (tertiary/aromatic N) is 1. The summed E-state index contributed by atoms with van der Waals surface area (Å²) in [7, 11) is 1.81. The Bertz CT molecular complexity index is 259. The highest BCUT2D eigenvalue weighted by atomic mass is 32.1. The Morgan fingerprint density at radius 2 is 2.45 bits per heavy atom. The number of thiophene rings is 1. The molecule has 0 aliphatic heterocycles. The van der Waals surface area contributed by atoms with E-state index < -0.39 is 0 Å². The molecule has 0 unspecified atom stereocenters. The number of hydrogen-bond donors (Lipinski definition) is 1. The molecule has 0 saturated heterocycles. The fraction of sp³-hybridized carbons (Fsp3) is 0.333. The van der Waals surface area contributed by atoms with Crippen molar-refractivity contribution < 1.29 is 4.92 Å². The molecule has 60 valence electrons. The monoisotopic (exact) mass is 172 g/mol. The lowest BCUT2D eigenvalue weighted by molar-refractivity contribution is -0.380. The third kappa shape index (κ3) is 1.99. The molecular weight excluding hydrogens is 164 g/mol. The predicted molar refractivity (Wildman–Crippen MR) is 43.7 cm³/mol. The maximum absolute atomic E-state index is 10.2. The molecule has 0 amide bonds. The zero-order valence-corrected chi connectivity index (χ0v) is 6.85. The van der Waals surface area contributed by atoms with Crippen LogP contribution in [0.1, 0.15) is 4.88 Å². The highest BCUT2D eigenvalue weighted by molar-refractivity contribution is 7.15. The quantitative estimate of drug-likeness (QED) is 0.553. The van der Waals surface area contributed by atoms with E-state index in [1.807, 2.05) is 7.05 Å². The molecule has 4 nitrogen and oxygen atoms in total. The van der Waals surface area contributed by atoms with Crippen LogP contribution in [0.3, 0.4) is 0 Å². The molecule has 0 aromatic carbocycles. The molecule has 0 radical (unpaired) electrons. The van der Waals surface area contributed by atoms with Gasteiger partial charge in [0.1, 0.15) is 0 Å². The van der Waals surface area contributed by atoms with E-state index in [2.05, 4.69) is 5.32 Å². The van der Waals surface area contributed by atoms with Crippen LogP contribution in [0.5, 0.6) is 0 Å². The smallest absolute Gasteiger partial charge is 0.315 e. The maximum Gasteiger partial charge on any atom is 0.324 e. The number of nitrogens with one attached hydrogen (secondary N) is 1. The molecule has 1 N–H and O–H groups in total. The minimum absolute atomic E-state index is 0.204. The predicted octanol–water partition coefficient (Wildman–Crippen LogP) is 1.38. The molecule has 0 saturated carbocycles. The first kappa shape index (κ1) is 8.16. The Morgan fingerprint density at radius 3 is 2.91 bits per heavy atom. The van der Waals surface area contributed by atoms with Gasteiger partial charge in [-0.05, 0) is 13.1 Å². The Kier molecular flexibility index (Phi) is 2.56. The summed E-state index contributed by atoms with van der Waals surface area (Å²) in [5, 5.41) is 13.3. The van der Waals surface area contributed by atoms with Gasteiger partial charge in [-0.2, -0.15) is 0 Å². The van der Waals surface area contributed by atoms with Crippen molar-refractivity contribution in [2.45, 2.75) is 6.54 Å². The van der Waals surface area contributed by atoms with Gasteiger partial charge in [0, 0.05) is 17.5 Å². The van der Waals surface area contributed by atoms with Gasteiger partial charge in [-0.25, -0.2) is 0 Å². The Morgan fingerprint density at radius 1 is 1.73 bits per heavy atom. The van der Waals surface area contributed by atoms with E-state index in [0.717, 1.165) is 4.88 Å². The van der Waals surface area contributed by atoms with E-state index in [4.69, 9.17) is 0 Å². The summed E-state index contributed by atoms with van der Waals surface area (Å²) in [4.78, 5) is 10.8. The second-order valence-corrected chi connectivity index (χ2v) is 3.17. The average Bonchev–Trinajstić information content (AvgIpc) is 2.37. The molecule has 1 rings (SSSR count). The lowest BCUT2D eigenvalue weighted by atomic mass is 10.5. The van der Waals surface area contributed by atoms with Gasteiger partial charge < -0.3 is 5.32 Å². The molecule has 1 aromatic rings. The lowest BCUT2D eigenvalue weighted by Gasteiger charge is -1.89. The van der Waals surface area contributed by atoms with E-state index in [1.54, 1.807) is 6.07 Å². The first-order valence-electron chi connectivity index (χ1n) is 3.11. The summed E-state index contributed by atoms with van der Waals surface area (Å²) < 4.78 is 0. The van der Waals surface area contributed by atoms with Crippen molar-refractivity contribution in [3.8, 4) is 0 Å². The van der Waals surface area contributed by atoms with Gasteiger partial charge in [-0.1, -0.05) is 11.3 Å². The van der Waals surface area contributed by atoms with Crippen LogP contribution in [0.4, 0.5) is 5.00 Å². The molecule has 0 atom stereocenters. The molecule has 0 spiro atoms. The topological polar surface area (TPSA) is 55.2 Å². The van der Waals surface area contributed by atoms with Crippen molar-refractivity contribution in [3.63, 3.8) is 0 Å². The number of hydrogen-bond acceptors (Lipinski definition) is 4. The minimum Gasteiger partial charge on any atom is -0.315 e. The summed E-state index contributed by atoms with van der Waals surface area (Å²) in [6.45, 7) is 0.693. The molecule has 0 bridgehead atoms. The van der Waals surface area contributed by atoms with Gasteiger partial charge in [-0.15, -0.1) is 0 Å². The second-order valence-electron chi connectivity index (χ2n) is 2.03. The largest absolute Gasteiger partial charge is 0.324 e. The van der Waals surface area contributed by atoms with Gasteiger partial charge >= 0.3 is 5.00 Å². The van der Waals surface area contributed by atoms with E-state index in [1.165, 1.54) is 17.4 Å². The van der Waals surface area contributed by atoms with E-state index in [-0.39, 0.29) is 9.92 Å².